The van der Waals surface area contributed by atoms with Gasteiger partial charge in [0.1, 0.15) is 17.5 Å². The first kappa shape index (κ1) is 18.9. The van der Waals surface area contributed by atoms with Crippen LogP contribution in [0.4, 0.5) is 0 Å². The zero-order valence-electron chi connectivity index (χ0n) is 16.0. The summed E-state index contributed by atoms with van der Waals surface area (Å²) in [5.41, 5.74) is 0.733. The van der Waals surface area contributed by atoms with Crippen molar-refractivity contribution in [1.82, 2.24) is 15.4 Å². The first-order chi connectivity index (χ1) is 12.5. The minimum Gasteiger partial charge on any atom is -0.361 e. The van der Waals surface area contributed by atoms with Gasteiger partial charge in [-0.2, -0.15) is 0 Å². The van der Waals surface area contributed by atoms with Crippen molar-refractivity contribution in [3.8, 4) is 0 Å². The number of hydrogen-bond acceptors (Lipinski definition) is 4. The van der Waals surface area contributed by atoms with Crippen LogP contribution in [-0.2, 0) is 22.6 Å². The minimum absolute atomic E-state index is 0.0694. The Balaban J connectivity index is 1.53. The molecule has 0 unspecified atom stereocenters. The van der Waals surface area contributed by atoms with E-state index in [1.807, 2.05) is 11.0 Å². The van der Waals surface area contributed by atoms with E-state index in [-0.39, 0.29) is 23.8 Å². The molecular formula is C20H31N3O3. The molecule has 1 N–H and O–H groups in total. The maximum absolute atomic E-state index is 12.8. The summed E-state index contributed by atoms with van der Waals surface area (Å²) in [5, 5.41) is 6.97. The van der Waals surface area contributed by atoms with Gasteiger partial charge in [0, 0.05) is 24.9 Å². The van der Waals surface area contributed by atoms with E-state index in [2.05, 4.69) is 24.3 Å². The molecule has 6 heteroatoms. The van der Waals surface area contributed by atoms with Gasteiger partial charge in [0.25, 0.3) is 0 Å². The number of aromatic nitrogens is 1. The van der Waals surface area contributed by atoms with Gasteiger partial charge in [-0.05, 0) is 31.6 Å². The summed E-state index contributed by atoms with van der Waals surface area (Å²) in [5.74, 6) is 1.58. The zero-order chi connectivity index (χ0) is 18.5. The van der Waals surface area contributed by atoms with E-state index in [1.165, 1.54) is 6.42 Å². The van der Waals surface area contributed by atoms with Crippen molar-refractivity contribution >= 4 is 11.8 Å². The molecular weight excluding hydrogens is 330 g/mol. The van der Waals surface area contributed by atoms with Gasteiger partial charge in [-0.25, -0.2) is 0 Å². The molecule has 2 heterocycles. The van der Waals surface area contributed by atoms with Gasteiger partial charge >= 0.3 is 0 Å². The number of nitrogens with one attached hydrogen (secondary N) is 1. The predicted octanol–water partition coefficient (Wildman–Crippen LogP) is 3.06. The molecule has 1 aromatic rings. The van der Waals surface area contributed by atoms with Crippen molar-refractivity contribution < 1.29 is 14.1 Å². The smallest absolute Gasteiger partial charge is 0.243 e. The summed E-state index contributed by atoms with van der Waals surface area (Å²) in [6.07, 6.45) is 7.93. The summed E-state index contributed by atoms with van der Waals surface area (Å²) in [6, 6.07) is 1.58. The summed E-state index contributed by atoms with van der Waals surface area (Å²) in [7, 11) is 0. The second-order valence-electron chi connectivity index (χ2n) is 8.12. The molecule has 0 spiro atoms. The summed E-state index contributed by atoms with van der Waals surface area (Å²) in [4.78, 5) is 27.3. The van der Waals surface area contributed by atoms with Crippen LogP contribution in [0.2, 0.25) is 0 Å². The Kier molecular flexibility index (Phi) is 6.33. The number of carbonyl (C=O) groups excluding carboxylic acids is 2. The standard InChI is InChI=1S/C20H31N3O3/c1-14(2)11-17-12-16(22-26-17)13-21-19(24)18-9-6-10-23(18)20(25)15-7-4-3-5-8-15/h12,14-15,18H,3-11,13H2,1-2H3,(H,21,24)/t18-/m1/s1. The Morgan fingerprint density at radius 2 is 2.00 bits per heavy atom. The van der Waals surface area contributed by atoms with Crippen LogP contribution in [0.1, 0.15) is 70.2 Å². The Labute approximate surface area is 155 Å². The van der Waals surface area contributed by atoms with Gasteiger partial charge in [-0.1, -0.05) is 38.3 Å². The fourth-order valence-corrected chi connectivity index (χ4v) is 4.12. The molecule has 1 aliphatic heterocycles. The Morgan fingerprint density at radius 3 is 2.73 bits per heavy atom. The van der Waals surface area contributed by atoms with E-state index >= 15 is 0 Å². The quantitative estimate of drug-likeness (QED) is 0.845. The molecule has 1 atom stereocenters. The lowest BCUT2D eigenvalue weighted by molar-refractivity contribution is -0.142. The Bertz CT molecular complexity index is 620. The maximum atomic E-state index is 12.8. The molecule has 1 aromatic heterocycles. The van der Waals surface area contributed by atoms with Gasteiger partial charge in [-0.15, -0.1) is 0 Å². The van der Waals surface area contributed by atoms with Crippen LogP contribution in [0.25, 0.3) is 0 Å². The summed E-state index contributed by atoms with van der Waals surface area (Å²) < 4.78 is 5.31. The zero-order valence-corrected chi connectivity index (χ0v) is 16.0. The van der Waals surface area contributed by atoms with Gasteiger partial charge in [0.15, 0.2) is 0 Å². The van der Waals surface area contributed by atoms with Crippen LogP contribution in [0.15, 0.2) is 10.6 Å². The SMILES string of the molecule is CC(C)Cc1cc(CNC(=O)[C@H]2CCCN2C(=O)C2CCCCC2)no1. The van der Waals surface area contributed by atoms with Crippen molar-refractivity contribution in [2.45, 2.75) is 77.8 Å². The summed E-state index contributed by atoms with van der Waals surface area (Å²) in [6.45, 7) is 5.31. The van der Waals surface area contributed by atoms with Crippen molar-refractivity contribution in [2.24, 2.45) is 11.8 Å². The molecule has 2 amide bonds. The second-order valence-corrected chi connectivity index (χ2v) is 8.12. The predicted molar refractivity (Wildman–Crippen MR) is 98.2 cm³/mol. The highest BCUT2D eigenvalue weighted by molar-refractivity contribution is 5.89. The van der Waals surface area contributed by atoms with Gasteiger partial charge < -0.3 is 14.7 Å². The number of carbonyl (C=O) groups is 2. The Morgan fingerprint density at radius 1 is 1.23 bits per heavy atom. The van der Waals surface area contributed by atoms with Crippen LogP contribution in [-0.4, -0.2) is 34.5 Å². The van der Waals surface area contributed by atoms with E-state index in [9.17, 15) is 9.59 Å². The van der Waals surface area contributed by atoms with Crippen LogP contribution in [0.5, 0.6) is 0 Å². The number of rotatable bonds is 6. The van der Waals surface area contributed by atoms with Crippen LogP contribution < -0.4 is 5.32 Å². The highest BCUT2D eigenvalue weighted by atomic mass is 16.5. The third-order valence-corrected chi connectivity index (χ3v) is 5.45. The monoisotopic (exact) mass is 361 g/mol. The number of hydrogen-bond donors (Lipinski definition) is 1. The van der Waals surface area contributed by atoms with E-state index in [0.717, 1.165) is 56.4 Å². The molecule has 3 rings (SSSR count). The van der Waals surface area contributed by atoms with Crippen molar-refractivity contribution in [3.05, 3.63) is 17.5 Å². The van der Waals surface area contributed by atoms with Crippen molar-refractivity contribution in [1.29, 1.82) is 0 Å². The Hall–Kier alpha value is -1.85. The van der Waals surface area contributed by atoms with Gasteiger partial charge in [-0.3, -0.25) is 9.59 Å². The molecule has 1 aliphatic carbocycles. The van der Waals surface area contributed by atoms with Crippen LogP contribution >= 0.6 is 0 Å². The molecule has 26 heavy (non-hydrogen) atoms. The van der Waals surface area contributed by atoms with Crippen LogP contribution in [0, 0.1) is 11.8 Å². The first-order valence-electron chi connectivity index (χ1n) is 10.1. The molecule has 0 radical (unpaired) electrons. The van der Waals surface area contributed by atoms with Gasteiger partial charge in [0.2, 0.25) is 11.8 Å². The average Bonchev–Trinajstić information content (AvgIpc) is 3.29. The lowest BCUT2D eigenvalue weighted by Gasteiger charge is -2.30. The molecule has 0 bridgehead atoms. The third-order valence-electron chi connectivity index (χ3n) is 5.45. The van der Waals surface area contributed by atoms with E-state index < -0.39 is 0 Å². The highest BCUT2D eigenvalue weighted by Gasteiger charge is 2.37. The normalized spacial score (nSPS) is 21.3. The molecule has 6 nitrogen and oxygen atoms in total. The molecule has 1 saturated carbocycles. The first-order valence-corrected chi connectivity index (χ1v) is 10.1. The topological polar surface area (TPSA) is 75.4 Å². The largest absolute Gasteiger partial charge is 0.361 e. The second kappa shape index (κ2) is 8.69. The van der Waals surface area contributed by atoms with Crippen LogP contribution in [0.3, 0.4) is 0 Å². The average molecular weight is 361 g/mol. The van der Waals surface area contributed by atoms with Gasteiger partial charge in [0.05, 0.1) is 6.54 Å². The molecule has 2 aliphatic rings. The molecule has 1 saturated heterocycles. The summed E-state index contributed by atoms with van der Waals surface area (Å²) >= 11 is 0. The fraction of sp³-hybridized carbons (Fsp3) is 0.750. The number of amides is 2. The van der Waals surface area contributed by atoms with Crippen molar-refractivity contribution in [3.63, 3.8) is 0 Å². The lowest BCUT2D eigenvalue weighted by atomic mass is 9.88. The molecule has 0 aromatic carbocycles. The maximum Gasteiger partial charge on any atom is 0.243 e. The fourth-order valence-electron chi connectivity index (χ4n) is 4.12. The highest BCUT2D eigenvalue weighted by Crippen LogP contribution is 2.28. The number of likely N-dealkylation sites (tertiary alicyclic amines) is 1. The lowest BCUT2D eigenvalue weighted by Crippen LogP contribution is -2.48. The van der Waals surface area contributed by atoms with Crippen molar-refractivity contribution in [2.75, 3.05) is 6.54 Å². The molecule has 2 fully saturated rings. The molecule has 144 valence electrons. The minimum atomic E-state index is -0.327. The van der Waals surface area contributed by atoms with E-state index in [4.69, 9.17) is 4.52 Å². The number of nitrogens with zero attached hydrogens (tertiary/aromatic N) is 2. The van der Waals surface area contributed by atoms with E-state index in [0.29, 0.717) is 19.0 Å². The third kappa shape index (κ3) is 4.65. The van der Waals surface area contributed by atoms with E-state index in [1.54, 1.807) is 0 Å².